The molecule has 3 N–H and O–H groups in total. The van der Waals surface area contributed by atoms with E-state index in [1.165, 1.54) is 83.5 Å². The van der Waals surface area contributed by atoms with Crippen molar-refractivity contribution >= 4 is 50.4 Å². The molecule has 0 saturated carbocycles. The average Bonchev–Trinajstić information content (AvgIpc) is 2.55. The van der Waals surface area contributed by atoms with Gasteiger partial charge >= 0.3 is 50.4 Å². The Morgan fingerprint density at radius 2 is 0.793 bits per heavy atom. The Labute approximate surface area is 200 Å². The first kappa shape index (κ1) is 34.4. The van der Waals surface area contributed by atoms with Gasteiger partial charge in [-0.15, -0.1) is 0 Å². The molecule has 0 spiro atoms. The van der Waals surface area contributed by atoms with Crippen LogP contribution in [-0.2, 0) is 25.0 Å². The van der Waals surface area contributed by atoms with Crippen LogP contribution in [-0.4, -0.2) is 66.7 Å². The molecule has 0 aliphatic heterocycles. The summed E-state index contributed by atoms with van der Waals surface area (Å²) >= 11 is 0. The monoisotopic (exact) mass is 472 g/mol. The third-order valence-corrected chi connectivity index (χ3v) is 4.69. The van der Waals surface area contributed by atoms with Crippen molar-refractivity contribution in [3.63, 3.8) is 0 Å². The normalized spacial score (nSPS) is 11.4. The van der Waals surface area contributed by atoms with Gasteiger partial charge in [0, 0.05) is 0 Å². The van der Waals surface area contributed by atoms with E-state index in [0.29, 0.717) is 6.42 Å². The summed E-state index contributed by atoms with van der Waals surface area (Å²) in [6.07, 6.45) is 20.5. The van der Waals surface area contributed by atoms with Gasteiger partial charge in [-0.25, -0.2) is 4.18 Å². The van der Waals surface area contributed by atoms with Crippen LogP contribution >= 0.6 is 0 Å². The van der Waals surface area contributed by atoms with Gasteiger partial charge in [-0.05, 0) is 6.42 Å². The Bertz CT molecular complexity index is 516. The molecule has 29 heavy (non-hydrogen) atoms. The first-order valence-corrected chi connectivity index (χ1v) is 13.1. The molecule has 0 heterocycles. The number of rotatable bonds is 18. The average molecular weight is 473 g/mol. The van der Waals surface area contributed by atoms with E-state index in [1.807, 2.05) is 0 Å². The summed E-state index contributed by atoms with van der Waals surface area (Å²) in [7, 11) is -8.91. The zero-order valence-corrected chi connectivity index (χ0v) is 18.9. The summed E-state index contributed by atoms with van der Waals surface area (Å²) in [5.41, 5.74) is 0. The van der Waals surface area contributed by atoms with Crippen molar-refractivity contribution in [2.45, 2.75) is 110 Å². The van der Waals surface area contributed by atoms with Crippen molar-refractivity contribution in [3.05, 3.63) is 0 Å². The van der Waals surface area contributed by atoms with Gasteiger partial charge in [0.15, 0.2) is 0 Å². The molecule has 8 nitrogen and oxygen atoms in total. The van der Waals surface area contributed by atoms with E-state index in [-0.39, 0.29) is 36.2 Å². The van der Waals surface area contributed by atoms with Gasteiger partial charge in [0.05, 0.1) is 6.61 Å². The van der Waals surface area contributed by atoms with Gasteiger partial charge in [0.1, 0.15) is 0 Å². The van der Waals surface area contributed by atoms with Gasteiger partial charge in [-0.3, -0.25) is 13.7 Å². The molecule has 0 aromatic rings. The first-order valence-electron chi connectivity index (χ1n) is 10.4. The molecule has 0 radical (unpaired) electrons. The Morgan fingerprint density at radius 3 is 1.03 bits per heavy atom. The zero-order chi connectivity index (χ0) is 21.7. The van der Waals surface area contributed by atoms with Crippen molar-refractivity contribution in [2.24, 2.45) is 0 Å². The van der Waals surface area contributed by atoms with Crippen LogP contribution < -0.4 is 0 Å². The second-order valence-corrected chi connectivity index (χ2v) is 8.99. The van der Waals surface area contributed by atoms with Crippen LogP contribution in [0.15, 0.2) is 0 Å². The van der Waals surface area contributed by atoms with Crippen molar-refractivity contribution < 1.29 is 34.7 Å². The van der Waals surface area contributed by atoms with E-state index in [2.05, 4.69) is 11.1 Å². The molecule has 0 aliphatic carbocycles. The topological polar surface area (TPSA) is 138 Å². The van der Waals surface area contributed by atoms with E-state index < -0.39 is 20.8 Å². The standard InChI is InChI=1S/C18H38O4S.Na.H2O4S.H/c1-2-3-4-5-6-7-8-9-10-11-12-13-14-15-16-17-18-22-23(19,20)21;;1-5(2,3)4;/h2-18H2,1H3,(H,19,20,21);;(H2,1,2,3,4);. The minimum absolute atomic E-state index is 0. The van der Waals surface area contributed by atoms with Gasteiger partial charge in [0.25, 0.3) is 0 Å². The van der Waals surface area contributed by atoms with Crippen molar-refractivity contribution in [1.82, 2.24) is 0 Å². The molecule has 0 aliphatic rings. The molecular formula is C18H41NaO8S2. The van der Waals surface area contributed by atoms with Crippen molar-refractivity contribution in [2.75, 3.05) is 6.61 Å². The number of hydrogen-bond donors (Lipinski definition) is 3. The molecule has 0 aromatic heterocycles. The molecule has 11 heteroatoms. The number of unbranched alkanes of at least 4 members (excludes halogenated alkanes) is 15. The Morgan fingerprint density at radius 1 is 0.552 bits per heavy atom. The molecule has 0 amide bonds. The van der Waals surface area contributed by atoms with Crippen LogP contribution in [0.4, 0.5) is 0 Å². The molecule has 0 unspecified atom stereocenters. The molecule has 0 bridgehead atoms. The van der Waals surface area contributed by atoms with Crippen LogP contribution in [0.1, 0.15) is 110 Å². The van der Waals surface area contributed by atoms with Gasteiger partial charge < -0.3 is 0 Å². The fourth-order valence-electron chi connectivity index (χ4n) is 2.81. The predicted molar refractivity (Wildman–Crippen MR) is 118 cm³/mol. The summed E-state index contributed by atoms with van der Waals surface area (Å²) < 4.78 is 64.9. The maximum absolute atomic E-state index is 10.3. The van der Waals surface area contributed by atoms with E-state index in [0.717, 1.165) is 12.8 Å². The van der Waals surface area contributed by atoms with Crippen LogP contribution in [0.25, 0.3) is 0 Å². The van der Waals surface area contributed by atoms with Crippen LogP contribution in [0.5, 0.6) is 0 Å². The predicted octanol–water partition coefficient (Wildman–Crippen LogP) is 4.77. The summed E-state index contributed by atoms with van der Waals surface area (Å²) in [6.45, 7) is 2.36. The summed E-state index contributed by atoms with van der Waals surface area (Å²) in [5, 5.41) is 0. The SMILES string of the molecule is CCCCCCCCCCCCCCCCCCOS(=O)(=O)O.O=S(=O)(O)O.[NaH]. The fourth-order valence-corrected chi connectivity index (χ4v) is 3.14. The molecule has 0 saturated heterocycles. The second kappa shape index (κ2) is 23.4. The van der Waals surface area contributed by atoms with Crippen molar-refractivity contribution in [3.8, 4) is 0 Å². The van der Waals surface area contributed by atoms with E-state index in [4.69, 9.17) is 22.1 Å². The summed E-state index contributed by atoms with van der Waals surface area (Å²) in [4.78, 5) is 0. The zero-order valence-electron chi connectivity index (χ0n) is 17.2. The second-order valence-electron chi connectivity index (χ2n) is 7.00. The summed E-state index contributed by atoms with van der Waals surface area (Å²) in [5.74, 6) is 0. The van der Waals surface area contributed by atoms with E-state index in [1.54, 1.807) is 0 Å². The first-order chi connectivity index (χ1) is 13.1. The van der Waals surface area contributed by atoms with Gasteiger partial charge in [-0.1, -0.05) is 103 Å². The van der Waals surface area contributed by atoms with Crippen molar-refractivity contribution in [1.29, 1.82) is 0 Å². The van der Waals surface area contributed by atoms with E-state index in [9.17, 15) is 8.42 Å². The maximum atomic E-state index is 10.3. The quantitative estimate of drug-likeness (QED) is 0.147. The van der Waals surface area contributed by atoms with Crippen LogP contribution in [0.2, 0.25) is 0 Å². The summed E-state index contributed by atoms with van der Waals surface area (Å²) in [6, 6.07) is 0. The van der Waals surface area contributed by atoms with Crippen LogP contribution in [0.3, 0.4) is 0 Å². The Hall–Kier alpha value is 0.740. The van der Waals surface area contributed by atoms with Gasteiger partial charge in [0.2, 0.25) is 0 Å². The third kappa shape index (κ3) is 47.8. The Balaban J connectivity index is -0.000000997. The molecular weight excluding hydrogens is 431 g/mol. The molecule has 174 valence electrons. The third-order valence-electron chi connectivity index (χ3n) is 4.23. The van der Waals surface area contributed by atoms with E-state index >= 15 is 0 Å². The molecule has 0 aromatic carbocycles. The minimum atomic E-state index is -4.67. The molecule has 0 fully saturated rings. The molecule has 0 atom stereocenters. The Kier molecular flexibility index (Phi) is 27.7. The fraction of sp³-hybridized carbons (Fsp3) is 1.00. The number of hydrogen-bond acceptors (Lipinski definition) is 5. The van der Waals surface area contributed by atoms with Gasteiger partial charge in [-0.2, -0.15) is 16.8 Å². The molecule has 0 rings (SSSR count). The van der Waals surface area contributed by atoms with Crippen LogP contribution in [0, 0.1) is 0 Å².